The van der Waals surface area contributed by atoms with Gasteiger partial charge in [-0.2, -0.15) is 8.42 Å². The third-order valence-corrected chi connectivity index (χ3v) is 7.81. The number of thiazole rings is 1. The molecule has 5 N–H and O–H groups in total. The molecule has 2 aromatic carbocycles. The number of hydrogen-bond acceptors (Lipinski definition) is 8. The van der Waals surface area contributed by atoms with Crippen LogP contribution in [0.25, 0.3) is 22.4 Å². The number of amidine groups is 1. The zero-order valence-corrected chi connectivity index (χ0v) is 22.1. The number of imidazole rings is 1. The van der Waals surface area contributed by atoms with Crippen molar-refractivity contribution in [3.05, 3.63) is 75.5 Å². The largest absolute Gasteiger partial charge is 0.506 e. The number of Topliss-reactive ketones (excluding diaryl/α,β-unsaturated/α-hetero) is 1. The fraction of sp³-hybridized carbons (Fsp3) is 0.200. The number of carbonyl (C=O) groups excluding carboxylic acids is 1. The van der Waals surface area contributed by atoms with Crippen molar-refractivity contribution in [2.24, 2.45) is 10.1 Å². The van der Waals surface area contributed by atoms with Gasteiger partial charge >= 0.3 is 0 Å². The summed E-state index contributed by atoms with van der Waals surface area (Å²) in [5.74, 6) is -1.37. The molecule has 0 aliphatic rings. The number of fused-ring (bicyclic) bond motifs is 1. The average molecular weight is 540 g/mol. The van der Waals surface area contributed by atoms with Crippen LogP contribution < -0.4 is 5.73 Å². The van der Waals surface area contributed by atoms with Crippen molar-refractivity contribution in [1.29, 1.82) is 0 Å². The molecule has 192 valence electrons. The van der Waals surface area contributed by atoms with E-state index in [9.17, 15) is 23.4 Å². The van der Waals surface area contributed by atoms with Gasteiger partial charge in [0.15, 0.2) is 0 Å². The van der Waals surface area contributed by atoms with Crippen molar-refractivity contribution in [2.45, 2.75) is 38.2 Å². The first kappa shape index (κ1) is 26.2. The van der Waals surface area contributed by atoms with Crippen molar-refractivity contribution in [3.8, 4) is 0 Å². The zero-order valence-electron chi connectivity index (χ0n) is 20.5. The van der Waals surface area contributed by atoms with Gasteiger partial charge in [0.25, 0.3) is 10.0 Å². The van der Waals surface area contributed by atoms with E-state index in [2.05, 4.69) is 19.3 Å². The van der Waals surface area contributed by atoms with Crippen molar-refractivity contribution >= 4 is 55.3 Å². The highest BCUT2D eigenvalue weighted by Gasteiger charge is 2.28. The predicted molar refractivity (Wildman–Crippen MR) is 143 cm³/mol. The number of nitrogens with one attached hydrogen (secondary N) is 1. The summed E-state index contributed by atoms with van der Waals surface area (Å²) in [6, 6.07) is 12.4. The first-order valence-corrected chi connectivity index (χ1v) is 13.3. The van der Waals surface area contributed by atoms with E-state index in [0.717, 1.165) is 0 Å². The highest BCUT2D eigenvalue weighted by atomic mass is 32.2. The molecular weight excluding hydrogens is 514 g/mol. The van der Waals surface area contributed by atoms with Crippen LogP contribution in [-0.2, 0) is 10.0 Å². The van der Waals surface area contributed by atoms with Gasteiger partial charge in [0, 0.05) is 5.56 Å². The number of aryl methyl sites for hydroxylation is 2. The van der Waals surface area contributed by atoms with Gasteiger partial charge in [0.05, 0.1) is 31.5 Å². The Morgan fingerprint density at radius 3 is 2.43 bits per heavy atom. The summed E-state index contributed by atoms with van der Waals surface area (Å²) in [6.07, 6.45) is 0. The van der Waals surface area contributed by atoms with Gasteiger partial charge in [-0.3, -0.25) is 4.79 Å². The molecule has 0 saturated heterocycles. The highest BCUT2D eigenvalue weighted by Crippen LogP contribution is 2.32. The van der Waals surface area contributed by atoms with E-state index in [4.69, 9.17) is 5.73 Å². The summed E-state index contributed by atoms with van der Waals surface area (Å²) in [5.41, 5.74) is 5.64. The number of aliphatic hydroxyl groups is 2. The molecule has 0 aliphatic carbocycles. The summed E-state index contributed by atoms with van der Waals surface area (Å²) < 4.78 is 29.2. The number of para-hydroxylation sites is 2. The summed E-state index contributed by atoms with van der Waals surface area (Å²) in [4.78, 5) is 25.6. The molecule has 0 fully saturated rings. The Morgan fingerprint density at radius 1 is 1.11 bits per heavy atom. The van der Waals surface area contributed by atoms with E-state index in [1.807, 2.05) is 0 Å². The Morgan fingerprint density at radius 2 is 1.81 bits per heavy atom. The summed E-state index contributed by atoms with van der Waals surface area (Å²) >= 11 is 1.18. The lowest BCUT2D eigenvalue weighted by Crippen LogP contribution is -2.38. The number of rotatable bonds is 7. The molecule has 0 aliphatic heterocycles. The Hall–Kier alpha value is -3.87. The van der Waals surface area contributed by atoms with Crippen molar-refractivity contribution in [2.75, 3.05) is 0 Å². The lowest BCUT2D eigenvalue weighted by Gasteiger charge is -2.15. The average Bonchev–Trinajstić information content (AvgIpc) is 3.40. The van der Waals surface area contributed by atoms with E-state index in [-0.39, 0.29) is 21.9 Å². The molecule has 4 rings (SSSR count). The number of nitrogens with two attached hydrogens (primary N) is 1. The number of nitrogens with zero attached hydrogens (tertiary/aromatic N) is 3. The Labute approximate surface area is 217 Å². The number of ketones is 1. The number of H-pyrrole nitrogens is 1. The zero-order chi connectivity index (χ0) is 27.1. The summed E-state index contributed by atoms with van der Waals surface area (Å²) in [5, 5.41) is 22.0. The minimum absolute atomic E-state index is 0.0424. The van der Waals surface area contributed by atoms with Crippen LogP contribution in [0.15, 0.2) is 57.8 Å². The quantitative estimate of drug-likeness (QED) is 0.0903. The molecule has 2 aromatic heterocycles. The van der Waals surface area contributed by atoms with E-state index < -0.39 is 33.0 Å². The number of sulfonamides is 1. The SMILES string of the molecule is Cc1nc(C)c(C(=O)C(=C(O)c2cccc(S(=O)(=O)N=C(N)C(C)(C)O)c2)c2nc3ccccc3[nH]2)s1. The molecule has 0 radical (unpaired) electrons. The van der Waals surface area contributed by atoms with Crippen LogP contribution in [0.1, 0.15) is 45.6 Å². The molecule has 2 heterocycles. The highest BCUT2D eigenvalue weighted by molar-refractivity contribution is 7.90. The second-order valence-electron chi connectivity index (χ2n) is 8.84. The smallest absolute Gasteiger partial charge is 0.284 e. The molecular formula is C25H25N5O5S2. The van der Waals surface area contributed by atoms with Crippen LogP contribution in [0.3, 0.4) is 0 Å². The topological polar surface area (TPSA) is 172 Å². The summed E-state index contributed by atoms with van der Waals surface area (Å²) in [6.45, 7) is 6.08. The monoisotopic (exact) mass is 539 g/mol. The van der Waals surface area contributed by atoms with E-state index in [1.54, 1.807) is 38.1 Å². The molecule has 0 amide bonds. The van der Waals surface area contributed by atoms with Gasteiger partial charge in [-0.15, -0.1) is 15.7 Å². The molecule has 0 unspecified atom stereocenters. The minimum atomic E-state index is -4.33. The number of aromatic nitrogens is 3. The second-order valence-corrected chi connectivity index (χ2v) is 11.6. The predicted octanol–water partition coefficient (Wildman–Crippen LogP) is 3.76. The van der Waals surface area contributed by atoms with Crippen molar-refractivity contribution in [3.63, 3.8) is 0 Å². The Bertz CT molecular complexity index is 1660. The third-order valence-electron chi connectivity index (χ3n) is 5.45. The molecule has 0 bridgehead atoms. The molecule has 10 nitrogen and oxygen atoms in total. The molecule has 12 heteroatoms. The number of allylic oxidation sites excluding steroid dienone is 1. The van der Waals surface area contributed by atoms with Gasteiger partial charge in [-0.05, 0) is 52.0 Å². The van der Waals surface area contributed by atoms with Gasteiger partial charge in [0.2, 0.25) is 5.78 Å². The Kier molecular flexibility index (Phi) is 6.76. The van der Waals surface area contributed by atoms with Crippen LogP contribution in [0.5, 0.6) is 0 Å². The normalized spacial score (nSPS) is 13.6. The molecule has 0 atom stereocenters. The van der Waals surface area contributed by atoms with Gasteiger partial charge in [0.1, 0.15) is 28.6 Å². The maximum absolute atomic E-state index is 13.7. The van der Waals surface area contributed by atoms with Crippen LogP contribution in [0.2, 0.25) is 0 Å². The van der Waals surface area contributed by atoms with Gasteiger partial charge in [-0.25, -0.2) is 9.97 Å². The third kappa shape index (κ3) is 5.31. The molecule has 0 saturated carbocycles. The van der Waals surface area contributed by atoms with Crippen molar-refractivity contribution in [1.82, 2.24) is 15.0 Å². The number of benzene rings is 2. The first-order chi connectivity index (χ1) is 17.3. The second kappa shape index (κ2) is 9.54. The Balaban J connectivity index is 1.91. The number of aromatic amines is 1. The molecule has 37 heavy (non-hydrogen) atoms. The lowest BCUT2D eigenvalue weighted by molar-refractivity contribution is 0.105. The number of aliphatic hydroxyl groups excluding tert-OH is 1. The molecule has 0 spiro atoms. The van der Waals surface area contributed by atoms with E-state index in [1.165, 1.54) is 49.4 Å². The lowest BCUT2D eigenvalue weighted by atomic mass is 10.0. The van der Waals surface area contributed by atoms with Gasteiger partial charge in [-0.1, -0.05) is 24.3 Å². The fourth-order valence-electron chi connectivity index (χ4n) is 3.50. The van der Waals surface area contributed by atoms with Crippen LogP contribution >= 0.6 is 11.3 Å². The van der Waals surface area contributed by atoms with E-state index in [0.29, 0.717) is 26.6 Å². The van der Waals surface area contributed by atoms with Crippen LogP contribution in [0.4, 0.5) is 0 Å². The van der Waals surface area contributed by atoms with Crippen molar-refractivity contribution < 1.29 is 23.4 Å². The summed E-state index contributed by atoms with van der Waals surface area (Å²) in [7, 11) is -4.33. The van der Waals surface area contributed by atoms with E-state index >= 15 is 0 Å². The van der Waals surface area contributed by atoms with Gasteiger partial charge < -0.3 is 20.9 Å². The standard InChI is InChI=1S/C25H25N5O5S2/c1-13-22(36-14(2)27-13)21(32)19(23-28-17-10-5-6-11-18(17)29-23)20(31)15-8-7-9-16(12-15)37(34,35)30-24(26)25(3,4)33/h5-12,31,33H,1-4H3,(H2,26,30)(H,28,29). The number of hydrogen-bond donors (Lipinski definition) is 4. The fourth-order valence-corrected chi connectivity index (χ4v) is 5.48. The van der Waals surface area contributed by atoms with Crippen LogP contribution in [-0.4, -0.2) is 50.8 Å². The van der Waals surface area contributed by atoms with Crippen LogP contribution in [0, 0.1) is 13.8 Å². The maximum Gasteiger partial charge on any atom is 0.284 e. The number of carbonyl (C=O) groups is 1. The first-order valence-electron chi connectivity index (χ1n) is 11.1. The maximum atomic E-state index is 13.7. The minimum Gasteiger partial charge on any atom is -0.506 e. The molecule has 4 aromatic rings.